The van der Waals surface area contributed by atoms with Gasteiger partial charge in [0, 0.05) is 37.6 Å². The summed E-state index contributed by atoms with van der Waals surface area (Å²) in [6.45, 7) is 6.17. The average molecular weight is 461 g/mol. The second-order valence-corrected chi connectivity index (χ2v) is 9.40. The molecule has 0 saturated carbocycles. The molecule has 0 bridgehead atoms. The number of likely N-dealkylation sites (N-methyl/N-ethyl adjacent to an activating group) is 1. The number of nitrogens with one attached hydrogen (secondary N) is 2. The van der Waals surface area contributed by atoms with Crippen LogP contribution in [0.1, 0.15) is 44.9 Å². The Morgan fingerprint density at radius 3 is 2.65 bits per heavy atom. The van der Waals surface area contributed by atoms with Gasteiger partial charge in [-0.3, -0.25) is 9.48 Å². The summed E-state index contributed by atoms with van der Waals surface area (Å²) in [4.78, 5) is 25.7. The third-order valence-electron chi connectivity index (χ3n) is 6.75. The number of anilines is 6. The number of carbonyl (C=O) groups excluding carboxylic acids is 1. The smallest absolute Gasteiger partial charge is 0.249 e. The molecule has 0 fully saturated rings. The molecule has 1 aliphatic heterocycles. The van der Waals surface area contributed by atoms with Gasteiger partial charge in [0.15, 0.2) is 0 Å². The van der Waals surface area contributed by atoms with Crippen molar-refractivity contribution in [2.75, 3.05) is 27.5 Å². The zero-order valence-corrected chi connectivity index (χ0v) is 20.5. The first kappa shape index (κ1) is 22.2. The van der Waals surface area contributed by atoms with Gasteiger partial charge >= 0.3 is 0 Å². The summed E-state index contributed by atoms with van der Waals surface area (Å²) in [5.74, 6) is 2.32. The molecule has 0 unspecified atom stereocenters. The first-order chi connectivity index (χ1) is 16.3. The van der Waals surface area contributed by atoms with Gasteiger partial charge in [0.25, 0.3) is 0 Å². The number of fused-ring (bicyclic) bond motifs is 2. The molecule has 0 saturated heterocycles. The second-order valence-electron chi connectivity index (χ2n) is 9.40. The van der Waals surface area contributed by atoms with Crippen LogP contribution in [0.4, 0.5) is 34.6 Å². The molecule has 2 aromatic heterocycles. The Hall–Kier alpha value is -3.62. The van der Waals surface area contributed by atoms with Crippen molar-refractivity contribution in [3.63, 3.8) is 0 Å². The van der Waals surface area contributed by atoms with Crippen molar-refractivity contribution in [3.05, 3.63) is 41.7 Å². The van der Waals surface area contributed by atoms with Crippen molar-refractivity contribution in [2.24, 2.45) is 7.05 Å². The van der Waals surface area contributed by atoms with Crippen LogP contribution in [0.5, 0.6) is 0 Å². The number of nitrogens with zero attached hydrogens (tertiary/aromatic N) is 6. The van der Waals surface area contributed by atoms with E-state index in [0.717, 1.165) is 41.5 Å². The lowest BCUT2D eigenvalue weighted by Gasteiger charge is -2.42. The highest BCUT2D eigenvalue weighted by Gasteiger charge is 2.35. The van der Waals surface area contributed by atoms with Crippen LogP contribution in [-0.2, 0) is 24.7 Å². The predicted molar refractivity (Wildman–Crippen MR) is 135 cm³/mol. The molecule has 0 radical (unpaired) electrons. The van der Waals surface area contributed by atoms with Crippen LogP contribution < -0.4 is 20.4 Å². The van der Waals surface area contributed by atoms with Crippen molar-refractivity contribution in [1.29, 1.82) is 0 Å². The number of carbonyl (C=O) groups is 1. The number of aromatic nitrogens is 4. The molecule has 1 aliphatic carbocycles. The van der Waals surface area contributed by atoms with E-state index >= 15 is 0 Å². The topological polar surface area (TPSA) is 91.2 Å². The lowest BCUT2D eigenvalue weighted by molar-refractivity contribution is -0.119. The number of aryl methyl sites for hydroxylation is 2. The summed E-state index contributed by atoms with van der Waals surface area (Å²) in [5, 5.41) is 11.5. The Morgan fingerprint density at radius 2 is 1.85 bits per heavy atom. The fraction of sp³-hybridized carbons (Fsp3) is 0.440. The van der Waals surface area contributed by atoms with Gasteiger partial charge in [-0.1, -0.05) is 0 Å². The van der Waals surface area contributed by atoms with E-state index in [0.29, 0.717) is 5.95 Å². The van der Waals surface area contributed by atoms with Gasteiger partial charge in [0.1, 0.15) is 17.7 Å². The first-order valence-electron chi connectivity index (χ1n) is 11.9. The minimum atomic E-state index is -0.221. The van der Waals surface area contributed by atoms with Crippen LogP contribution in [0, 0.1) is 0 Å². The molecule has 1 aromatic carbocycles. The van der Waals surface area contributed by atoms with Gasteiger partial charge in [0.2, 0.25) is 11.9 Å². The van der Waals surface area contributed by atoms with Crippen LogP contribution in [0.2, 0.25) is 0 Å². The van der Waals surface area contributed by atoms with Crippen LogP contribution in [-0.4, -0.2) is 44.8 Å². The van der Waals surface area contributed by atoms with Crippen molar-refractivity contribution < 1.29 is 4.79 Å². The van der Waals surface area contributed by atoms with Crippen molar-refractivity contribution >= 4 is 40.6 Å². The molecule has 178 valence electrons. The minimum absolute atomic E-state index is 0.0985. The van der Waals surface area contributed by atoms with Gasteiger partial charge in [0.05, 0.1) is 17.1 Å². The maximum Gasteiger partial charge on any atom is 0.249 e. The van der Waals surface area contributed by atoms with Crippen LogP contribution in [0.25, 0.3) is 0 Å². The standard InChI is InChI=1S/C25H32N8O/c1-15(2)33-16(3)24(34)31(4)20-11-10-17(14-21(20)33)27-25-26-13-12-22(29-25)28-23-18-8-6-7-9-19(18)30-32(23)5/h10-16H,6-9H2,1-5H3,(H2,26,27,28,29)/t16-/m1/s1. The van der Waals surface area contributed by atoms with E-state index in [1.54, 1.807) is 11.1 Å². The molecule has 34 heavy (non-hydrogen) atoms. The maximum atomic E-state index is 12.7. The largest absolute Gasteiger partial charge is 0.356 e. The molecule has 9 heteroatoms. The number of benzene rings is 1. The summed E-state index contributed by atoms with van der Waals surface area (Å²) in [6, 6.07) is 7.83. The summed E-state index contributed by atoms with van der Waals surface area (Å²) in [6.07, 6.45) is 6.21. The monoisotopic (exact) mass is 460 g/mol. The lowest BCUT2D eigenvalue weighted by Crippen LogP contribution is -2.53. The summed E-state index contributed by atoms with van der Waals surface area (Å²) in [5.41, 5.74) is 5.27. The normalized spacial score (nSPS) is 17.6. The molecule has 2 N–H and O–H groups in total. The van der Waals surface area contributed by atoms with E-state index in [4.69, 9.17) is 0 Å². The molecule has 2 aliphatic rings. The first-order valence-corrected chi connectivity index (χ1v) is 11.9. The zero-order valence-electron chi connectivity index (χ0n) is 20.5. The Labute approximate surface area is 200 Å². The van der Waals surface area contributed by atoms with Gasteiger partial charge < -0.3 is 20.4 Å². The zero-order chi connectivity index (χ0) is 24.0. The van der Waals surface area contributed by atoms with Crippen LogP contribution in [0.3, 0.4) is 0 Å². The highest BCUT2D eigenvalue weighted by molar-refractivity contribution is 6.05. The van der Waals surface area contributed by atoms with Crippen molar-refractivity contribution in [3.8, 4) is 0 Å². The van der Waals surface area contributed by atoms with Crippen molar-refractivity contribution in [1.82, 2.24) is 19.7 Å². The molecule has 3 heterocycles. The molecule has 5 rings (SSSR count). The fourth-order valence-electron chi connectivity index (χ4n) is 5.12. The number of rotatable bonds is 5. The van der Waals surface area contributed by atoms with Gasteiger partial charge in [-0.2, -0.15) is 10.1 Å². The van der Waals surface area contributed by atoms with Gasteiger partial charge in [-0.25, -0.2) is 4.98 Å². The van der Waals surface area contributed by atoms with Gasteiger partial charge in [-0.05, 0) is 70.7 Å². The fourth-order valence-corrected chi connectivity index (χ4v) is 5.12. The number of hydrogen-bond donors (Lipinski definition) is 2. The van der Waals surface area contributed by atoms with Gasteiger partial charge in [-0.15, -0.1) is 0 Å². The SMILES string of the molecule is CC(C)N1c2cc(Nc3nccc(Nc4c5c(nn4C)CCCC5)n3)ccc2N(C)C(=O)[C@H]1C. The second kappa shape index (κ2) is 8.62. The molecule has 1 atom stereocenters. The highest BCUT2D eigenvalue weighted by atomic mass is 16.2. The van der Waals surface area contributed by atoms with E-state index in [1.165, 1.54) is 24.1 Å². The molecule has 0 spiro atoms. The Kier molecular flexibility index (Phi) is 5.63. The highest BCUT2D eigenvalue weighted by Crippen LogP contribution is 2.39. The van der Waals surface area contributed by atoms with E-state index in [9.17, 15) is 4.79 Å². The maximum absolute atomic E-state index is 12.7. The third kappa shape index (κ3) is 3.85. The van der Waals surface area contributed by atoms with E-state index in [1.807, 2.05) is 43.9 Å². The molecule has 9 nitrogen and oxygen atoms in total. The lowest BCUT2D eigenvalue weighted by atomic mass is 9.97. The molecule has 3 aromatic rings. The van der Waals surface area contributed by atoms with Crippen LogP contribution >= 0.6 is 0 Å². The van der Waals surface area contributed by atoms with Crippen LogP contribution in [0.15, 0.2) is 30.5 Å². The average Bonchev–Trinajstić information content (AvgIpc) is 3.12. The van der Waals surface area contributed by atoms with E-state index in [-0.39, 0.29) is 18.0 Å². The Morgan fingerprint density at radius 1 is 1.06 bits per heavy atom. The summed E-state index contributed by atoms with van der Waals surface area (Å²) >= 11 is 0. The molecular weight excluding hydrogens is 428 g/mol. The summed E-state index contributed by atoms with van der Waals surface area (Å²) in [7, 11) is 3.80. The quantitative estimate of drug-likeness (QED) is 0.591. The number of amides is 1. The Bertz CT molecular complexity index is 1230. The predicted octanol–water partition coefficient (Wildman–Crippen LogP) is 4.16. The van der Waals surface area contributed by atoms with Crippen molar-refractivity contribution in [2.45, 2.75) is 58.5 Å². The van der Waals surface area contributed by atoms with E-state index in [2.05, 4.69) is 50.5 Å². The third-order valence-corrected chi connectivity index (χ3v) is 6.75. The van der Waals surface area contributed by atoms with E-state index < -0.39 is 0 Å². The minimum Gasteiger partial charge on any atom is -0.356 e. The molecular formula is C25H32N8O. The Balaban J connectivity index is 1.41. The molecule has 1 amide bonds. The summed E-state index contributed by atoms with van der Waals surface area (Å²) < 4.78 is 1.91. The number of hydrogen-bond acceptors (Lipinski definition) is 7.